The number of benzene rings is 1. The summed E-state index contributed by atoms with van der Waals surface area (Å²) in [5.74, 6) is 0.573. The highest BCUT2D eigenvalue weighted by Gasteiger charge is 2.12. The number of carbonyl (C=O) groups is 2. The minimum atomic E-state index is -0.159. The van der Waals surface area contributed by atoms with Gasteiger partial charge in [-0.25, -0.2) is 0 Å². The van der Waals surface area contributed by atoms with E-state index in [2.05, 4.69) is 5.32 Å². The maximum Gasteiger partial charge on any atom is 0.238 e. The number of carbonyl (C=O) groups excluding carboxylic acids is 2. The van der Waals surface area contributed by atoms with E-state index in [-0.39, 0.29) is 24.9 Å². The van der Waals surface area contributed by atoms with E-state index in [0.29, 0.717) is 12.3 Å². The van der Waals surface area contributed by atoms with E-state index in [1.165, 1.54) is 4.90 Å². The minimum absolute atomic E-state index is 0.0358. The smallest absolute Gasteiger partial charge is 0.238 e. The number of anilines is 1. The number of nitrogens with zero attached hydrogens (tertiary/aromatic N) is 2. The molecule has 0 bridgehead atoms. The summed E-state index contributed by atoms with van der Waals surface area (Å²) in [4.78, 5) is 26.6. The average molecular weight is 293 g/mol. The van der Waals surface area contributed by atoms with Gasteiger partial charge in [0.1, 0.15) is 5.75 Å². The van der Waals surface area contributed by atoms with Crippen LogP contribution < -0.4 is 10.1 Å². The van der Waals surface area contributed by atoms with Gasteiger partial charge in [-0.1, -0.05) is 0 Å². The number of hydrogen-bond acceptors (Lipinski definition) is 4. The Hall–Kier alpha value is -2.08. The number of ether oxygens (including phenoxy) is 1. The van der Waals surface area contributed by atoms with E-state index in [0.717, 1.165) is 5.75 Å². The van der Waals surface area contributed by atoms with Crippen LogP contribution in [0.4, 0.5) is 5.69 Å². The fraction of sp³-hybridized carbons (Fsp3) is 0.467. The molecule has 0 saturated carbocycles. The molecule has 6 heteroatoms. The average Bonchev–Trinajstić information content (AvgIpc) is 2.40. The molecule has 1 aromatic carbocycles. The van der Waals surface area contributed by atoms with Gasteiger partial charge < -0.3 is 15.0 Å². The molecule has 0 aliphatic heterocycles. The molecule has 0 radical (unpaired) electrons. The Kier molecular flexibility index (Phi) is 6.68. The normalized spacial score (nSPS) is 10.3. The molecule has 1 rings (SSSR count). The van der Waals surface area contributed by atoms with E-state index in [1.807, 2.05) is 6.92 Å². The molecule has 0 fully saturated rings. The highest BCUT2D eigenvalue weighted by molar-refractivity contribution is 5.92. The third kappa shape index (κ3) is 6.27. The van der Waals surface area contributed by atoms with Gasteiger partial charge in [0.2, 0.25) is 11.8 Å². The molecule has 0 aliphatic rings. The van der Waals surface area contributed by atoms with Crippen LogP contribution in [0.3, 0.4) is 0 Å². The molecule has 1 N–H and O–H groups in total. The molecule has 0 heterocycles. The van der Waals surface area contributed by atoms with E-state index in [1.54, 1.807) is 50.3 Å². The number of nitrogens with one attached hydrogen (secondary N) is 1. The molecule has 1 aromatic rings. The molecule has 116 valence electrons. The van der Waals surface area contributed by atoms with Gasteiger partial charge in [-0.15, -0.1) is 0 Å². The van der Waals surface area contributed by atoms with Crippen molar-refractivity contribution in [3.8, 4) is 5.75 Å². The summed E-state index contributed by atoms with van der Waals surface area (Å²) in [6.45, 7) is 2.90. The number of rotatable bonds is 7. The van der Waals surface area contributed by atoms with Crippen LogP contribution in [-0.4, -0.2) is 62.5 Å². The first-order valence-corrected chi connectivity index (χ1v) is 6.83. The van der Waals surface area contributed by atoms with Crippen LogP contribution >= 0.6 is 0 Å². The van der Waals surface area contributed by atoms with Gasteiger partial charge in [0.15, 0.2) is 0 Å². The largest absolute Gasteiger partial charge is 0.494 e. The second kappa shape index (κ2) is 8.26. The molecule has 0 aliphatic carbocycles. The van der Waals surface area contributed by atoms with Gasteiger partial charge in [-0.2, -0.15) is 0 Å². The Balaban J connectivity index is 2.44. The summed E-state index contributed by atoms with van der Waals surface area (Å²) in [5, 5.41) is 2.78. The molecule has 6 nitrogen and oxygen atoms in total. The Morgan fingerprint density at radius 3 is 2.24 bits per heavy atom. The lowest BCUT2D eigenvalue weighted by molar-refractivity contribution is -0.130. The van der Waals surface area contributed by atoms with Crippen LogP contribution in [-0.2, 0) is 9.59 Å². The van der Waals surface area contributed by atoms with Gasteiger partial charge in [0.25, 0.3) is 0 Å². The van der Waals surface area contributed by atoms with Gasteiger partial charge in [-0.05, 0) is 38.2 Å². The maximum absolute atomic E-state index is 11.9. The predicted molar refractivity (Wildman–Crippen MR) is 82.4 cm³/mol. The zero-order valence-electron chi connectivity index (χ0n) is 13.0. The Labute approximate surface area is 125 Å². The van der Waals surface area contributed by atoms with Crippen molar-refractivity contribution in [2.45, 2.75) is 6.92 Å². The molecule has 0 unspecified atom stereocenters. The lowest BCUT2D eigenvalue weighted by atomic mass is 10.3. The molecular formula is C15H23N3O3. The lowest BCUT2D eigenvalue weighted by Gasteiger charge is -2.18. The van der Waals surface area contributed by atoms with Gasteiger partial charge in [0.05, 0.1) is 19.7 Å². The van der Waals surface area contributed by atoms with Crippen LogP contribution in [0.25, 0.3) is 0 Å². The second-order valence-electron chi connectivity index (χ2n) is 4.97. The van der Waals surface area contributed by atoms with Crippen molar-refractivity contribution < 1.29 is 14.3 Å². The van der Waals surface area contributed by atoms with Crippen molar-refractivity contribution in [1.82, 2.24) is 9.80 Å². The maximum atomic E-state index is 11.9. The van der Waals surface area contributed by atoms with Crippen molar-refractivity contribution in [3.05, 3.63) is 24.3 Å². The van der Waals surface area contributed by atoms with Crippen LogP contribution in [0.5, 0.6) is 5.75 Å². The van der Waals surface area contributed by atoms with Crippen LogP contribution in [0.2, 0.25) is 0 Å². The third-order valence-electron chi connectivity index (χ3n) is 2.77. The Bertz CT molecular complexity index is 472. The molecule has 2 amide bonds. The van der Waals surface area contributed by atoms with Crippen LogP contribution in [0, 0.1) is 0 Å². The Morgan fingerprint density at radius 1 is 1.10 bits per heavy atom. The SMILES string of the molecule is CCOc1ccc(NC(=O)CN(C)CC(=O)N(C)C)cc1. The molecule has 0 atom stereocenters. The third-order valence-corrected chi connectivity index (χ3v) is 2.77. The van der Waals surface area contributed by atoms with Gasteiger partial charge >= 0.3 is 0 Å². The predicted octanol–water partition coefficient (Wildman–Crippen LogP) is 1.04. The summed E-state index contributed by atoms with van der Waals surface area (Å²) in [6, 6.07) is 7.18. The van der Waals surface area contributed by atoms with Crippen LogP contribution in [0.1, 0.15) is 6.92 Å². The zero-order chi connectivity index (χ0) is 15.8. The molecule has 21 heavy (non-hydrogen) atoms. The number of hydrogen-bond donors (Lipinski definition) is 1. The van der Waals surface area contributed by atoms with Crippen molar-refractivity contribution in [2.75, 3.05) is 46.2 Å². The fourth-order valence-corrected chi connectivity index (χ4v) is 1.68. The van der Waals surface area contributed by atoms with Gasteiger partial charge in [-0.3, -0.25) is 14.5 Å². The fourth-order valence-electron chi connectivity index (χ4n) is 1.68. The van der Waals surface area contributed by atoms with Crippen LogP contribution in [0.15, 0.2) is 24.3 Å². The summed E-state index contributed by atoms with van der Waals surface area (Å²) < 4.78 is 5.33. The summed E-state index contributed by atoms with van der Waals surface area (Å²) >= 11 is 0. The molecule has 0 spiro atoms. The minimum Gasteiger partial charge on any atom is -0.494 e. The second-order valence-corrected chi connectivity index (χ2v) is 4.97. The number of likely N-dealkylation sites (N-methyl/N-ethyl adjacent to an activating group) is 2. The van der Waals surface area contributed by atoms with Crippen molar-refractivity contribution in [1.29, 1.82) is 0 Å². The van der Waals surface area contributed by atoms with E-state index in [9.17, 15) is 9.59 Å². The highest BCUT2D eigenvalue weighted by Crippen LogP contribution is 2.15. The van der Waals surface area contributed by atoms with Crippen molar-refractivity contribution >= 4 is 17.5 Å². The molecule has 0 aromatic heterocycles. The zero-order valence-corrected chi connectivity index (χ0v) is 13.0. The first-order valence-electron chi connectivity index (χ1n) is 6.83. The van der Waals surface area contributed by atoms with Crippen molar-refractivity contribution in [2.24, 2.45) is 0 Å². The summed E-state index contributed by atoms with van der Waals surface area (Å²) in [7, 11) is 5.12. The quantitative estimate of drug-likeness (QED) is 0.816. The highest BCUT2D eigenvalue weighted by atomic mass is 16.5. The summed E-state index contributed by atoms with van der Waals surface area (Å²) in [6.07, 6.45) is 0. The lowest BCUT2D eigenvalue weighted by Crippen LogP contribution is -2.38. The monoisotopic (exact) mass is 293 g/mol. The first kappa shape index (κ1) is 17.0. The van der Waals surface area contributed by atoms with E-state index < -0.39 is 0 Å². The Morgan fingerprint density at radius 2 is 1.71 bits per heavy atom. The molecular weight excluding hydrogens is 270 g/mol. The van der Waals surface area contributed by atoms with E-state index >= 15 is 0 Å². The molecule has 0 saturated heterocycles. The summed E-state index contributed by atoms with van der Waals surface area (Å²) in [5.41, 5.74) is 0.704. The van der Waals surface area contributed by atoms with Gasteiger partial charge in [0, 0.05) is 19.8 Å². The first-order chi connectivity index (χ1) is 9.92. The van der Waals surface area contributed by atoms with Crippen molar-refractivity contribution in [3.63, 3.8) is 0 Å². The van der Waals surface area contributed by atoms with E-state index in [4.69, 9.17) is 4.74 Å². The number of amides is 2. The standard InChI is InChI=1S/C15H23N3O3/c1-5-21-13-8-6-12(7-9-13)16-14(19)10-18(4)11-15(20)17(2)3/h6-9H,5,10-11H2,1-4H3,(H,16,19). The topological polar surface area (TPSA) is 61.9 Å².